The smallest absolute Gasteiger partial charge is 0.137 e. The van der Waals surface area contributed by atoms with Crippen LogP contribution >= 0.6 is 15.9 Å². The second-order valence-corrected chi connectivity index (χ2v) is 6.37. The van der Waals surface area contributed by atoms with Crippen LogP contribution in [0.4, 0.5) is 8.78 Å². The van der Waals surface area contributed by atoms with Crippen LogP contribution in [0.15, 0.2) is 65.4 Å². The normalized spacial score (nSPS) is 11.1. The average molecular weight is 385 g/mol. The van der Waals surface area contributed by atoms with Crippen molar-refractivity contribution in [1.82, 2.24) is 9.97 Å². The number of benzene rings is 2. The predicted molar refractivity (Wildman–Crippen MR) is 94.6 cm³/mol. The largest absolute Gasteiger partial charge is 0.346 e. The highest BCUT2D eigenvalue weighted by Gasteiger charge is 2.11. The van der Waals surface area contributed by atoms with Gasteiger partial charge < -0.3 is 4.98 Å². The van der Waals surface area contributed by atoms with Crippen molar-refractivity contribution in [2.45, 2.75) is 0 Å². The first-order valence-electron chi connectivity index (χ1n) is 7.30. The third-order valence-corrected chi connectivity index (χ3v) is 4.42. The Morgan fingerprint density at radius 3 is 2.38 bits per heavy atom. The Morgan fingerprint density at radius 2 is 1.58 bits per heavy atom. The molecule has 1 N–H and O–H groups in total. The van der Waals surface area contributed by atoms with Crippen molar-refractivity contribution in [3.8, 4) is 22.3 Å². The lowest BCUT2D eigenvalue weighted by atomic mass is 10.00. The summed E-state index contributed by atoms with van der Waals surface area (Å²) in [6.45, 7) is 0. The molecule has 2 aromatic heterocycles. The van der Waals surface area contributed by atoms with Gasteiger partial charge in [-0.05, 0) is 35.9 Å². The van der Waals surface area contributed by atoms with Crippen molar-refractivity contribution in [3.63, 3.8) is 0 Å². The van der Waals surface area contributed by atoms with Gasteiger partial charge in [-0.2, -0.15) is 0 Å². The summed E-state index contributed by atoms with van der Waals surface area (Å²) in [7, 11) is 0. The second-order valence-electron chi connectivity index (χ2n) is 5.46. The van der Waals surface area contributed by atoms with Gasteiger partial charge in [0.05, 0.1) is 0 Å². The summed E-state index contributed by atoms with van der Waals surface area (Å²) in [6, 6.07) is 13.2. The lowest BCUT2D eigenvalue weighted by molar-refractivity contribution is 0.626. The first-order valence-corrected chi connectivity index (χ1v) is 8.09. The SMILES string of the molecule is Fc1cc(Br)ccc1-c1ccc(-c2cnc3[nH]ccc3c2)c(F)c1. The van der Waals surface area contributed by atoms with Gasteiger partial charge in [0.15, 0.2) is 0 Å². The quantitative estimate of drug-likeness (QED) is 0.455. The molecule has 118 valence electrons. The van der Waals surface area contributed by atoms with Crippen LogP contribution in [0.2, 0.25) is 0 Å². The minimum absolute atomic E-state index is 0.364. The molecule has 24 heavy (non-hydrogen) atoms. The molecular formula is C19H11BrF2N2. The molecule has 0 saturated heterocycles. The van der Waals surface area contributed by atoms with E-state index in [9.17, 15) is 8.78 Å². The van der Waals surface area contributed by atoms with E-state index >= 15 is 0 Å². The molecule has 0 aliphatic heterocycles. The van der Waals surface area contributed by atoms with Crippen LogP contribution in [0.3, 0.4) is 0 Å². The first-order chi connectivity index (χ1) is 11.6. The van der Waals surface area contributed by atoms with E-state index in [0.29, 0.717) is 26.7 Å². The number of hydrogen-bond donors (Lipinski definition) is 1. The minimum atomic E-state index is -0.411. The third-order valence-electron chi connectivity index (χ3n) is 3.92. The standard InChI is InChI=1S/C19H11BrF2N2/c20-14-2-4-15(18(22)9-14)11-1-3-16(17(21)8-11)13-7-12-5-6-23-19(12)24-10-13/h1-10H,(H,23,24). The van der Waals surface area contributed by atoms with Crippen LogP contribution in [0.5, 0.6) is 0 Å². The maximum Gasteiger partial charge on any atom is 0.137 e. The molecule has 0 fully saturated rings. The van der Waals surface area contributed by atoms with Gasteiger partial charge in [-0.15, -0.1) is 0 Å². The molecule has 0 spiro atoms. The summed E-state index contributed by atoms with van der Waals surface area (Å²) in [4.78, 5) is 7.28. The van der Waals surface area contributed by atoms with Gasteiger partial charge in [-0.1, -0.05) is 34.1 Å². The maximum atomic E-state index is 14.6. The van der Waals surface area contributed by atoms with Gasteiger partial charge >= 0.3 is 0 Å². The number of aromatic nitrogens is 2. The number of hydrogen-bond acceptors (Lipinski definition) is 1. The van der Waals surface area contributed by atoms with Crippen LogP contribution < -0.4 is 0 Å². The van der Waals surface area contributed by atoms with Gasteiger partial charge in [0.2, 0.25) is 0 Å². The molecule has 0 bridgehead atoms. The number of pyridine rings is 1. The first kappa shape index (κ1) is 15.0. The fourth-order valence-electron chi connectivity index (χ4n) is 2.73. The number of nitrogens with zero attached hydrogens (tertiary/aromatic N) is 1. The number of fused-ring (bicyclic) bond motifs is 1. The summed E-state index contributed by atoms with van der Waals surface area (Å²) in [5.41, 5.74) is 2.74. The predicted octanol–water partition coefficient (Wildman–Crippen LogP) is 5.94. The van der Waals surface area contributed by atoms with Crippen molar-refractivity contribution < 1.29 is 8.78 Å². The average Bonchev–Trinajstić information content (AvgIpc) is 3.02. The zero-order valence-electron chi connectivity index (χ0n) is 12.4. The number of nitrogens with one attached hydrogen (secondary N) is 1. The highest BCUT2D eigenvalue weighted by Crippen LogP contribution is 2.31. The number of rotatable bonds is 2. The van der Waals surface area contributed by atoms with E-state index < -0.39 is 11.6 Å². The third kappa shape index (κ3) is 2.61. The van der Waals surface area contributed by atoms with Crippen molar-refractivity contribution in [3.05, 3.63) is 77.0 Å². The molecule has 0 aliphatic carbocycles. The van der Waals surface area contributed by atoms with E-state index in [4.69, 9.17) is 0 Å². The van der Waals surface area contributed by atoms with E-state index in [-0.39, 0.29) is 0 Å². The zero-order valence-corrected chi connectivity index (χ0v) is 13.9. The fourth-order valence-corrected chi connectivity index (χ4v) is 3.06. The summed E-state index contributed by atoms with van der Waals surface area (Å²) in [5.74, 6) is -0.807. The number of halogens is 3. The van der Waals surface area contributed by atoms with Crippen LogP contribution in [0.25, 0.3) is 33.3 Å². The second kappa shape index (κ2) is 5.83. The minimum Gasteiger partial charge on any atom is -0.346 e. The van der Waals surface area contributed by atoms with Gasteiger partial charge in [-0.25, -0.2) is 13.8 Å². The van der Waals surface area contributed by atoms with Crippen molar-refractivity contribution >= 4 is 27.0 Å². The molecular weight excluding hydrogens is 374 g/mol. The molecule has 0 aliphatic rings. The lowest BCUT2D eigenvalue weighted by Crippen LogP contribution is -1.90. The Hall–Kier alpha value is -2.53. The van der Waals surface area contributed by atoms with E-state index in [1.807, 2.05) is 12.1 Å². The van der Waals surface area contributed by atoms with E-state index in [0.717, 1.165) is 11.0 Å². The Labute approximate surface area is 145 Å². The van der Waals surface area contributed by atoms with Crippen molar-refractivity contribution in [2.24, 2.45) is 0 Å². The fraction of sp³-hybridized carbons (Fsp3) is 0. The van der Waals surface area contributed by atoms with E-state index in [1.165, 1.54) is 12.1 Å². The highest BCUT2D eigenvalue weighted by atomic mass is 79.9. The topological polar surface area (TPSA) is 28.7 Å². The summed E-state index contributed by atoms with van der Waals surface area (Å²) >= 11 is 3.22. The van der Waals surface area contributed by atoms with E-state index in [1.54, 1.807) is 36.7 Å². The Bertz CT molecular complexity index is 1060. The molecule has 2 heterocycles. The monoisotopic (exact) mass is 384 g/mol. The Kier molecular flexibility index (Phi) is 3.65. The summed E-state index contributed by atoms with van der Waals surface area (Å²) in [6.07, 6.45) is 3.41. The van der Waals surface area contributed by atoms with Crippen LogP contribution in [-0.2, 0) is 0 Å². The highest BCUT2D eigenvalue weighted by molar-refractivity contribution is 9.10. The van der Waals surface area contributed by atoms with Crippen LogP contribution in [0.1, 0.15) is 0 Å². The van der Waals surface area contributed by atoms with E-state index in [2.05, 4.69) is 25.9 Å². The molecule has 0 amide bonds. The molecule has 5 heteroatoms. The zero-order chi connectivity index (χ0) is 16.7. The molecule has 0 radical (unpaired) electrons. The Balaban J connectivity index is 1.78. The number of aromatic amines is 1. The van der Waals surface area contributed by atoms with Gasteiger partial charge in [0.25, 0.3) is 0 Å². The number of H-pyrrole nitrogens is 1. The van der Waals surface area contributed by atoms with Gasteiger partial charge in [0.1, 0.15) is 17.3 Å². The summed E-state index contributed by atoms with van der Waals surface area (Å²) < 4.78 is 29.3. The molecule has 0 unspecified atom stereocenters. The van der Waals surface area contributed by atoms with Gasteiger partial charge in [0, 0.05) is 38.9 Å². The molecule has 4 rings (SSSR count). The Morgan fingerprint density at radius 1 is 0.833 bits per heavy atom. The lowest BCUT2D eigenvalue weighted by Gasteiger charge is -2.08. The summed E-state index contributed by atoms with van der Waals surface area (Å²) in [5, 5.41) is 0.912. The molecule has 4 aromatic rings. The molecule has 2 aromatic carbocycles. The van der Waals surface area contributed by atoms with Crippen molar-refractivity contribution in [1.29, 1.82) is 0 Å². The van der Waals surface area contributed by atoms with Crippen LogP contribution in [-0.4, -0.2) is 9.97 Å². The molecule has 0 saturated carbocycles. The molecule has 0 atom stereocenters. The maximum absolute atomic E-state index is 14.6. The molecule has 2 nitrogen and oxygen atoms in total. The van der Waals surface area contributed by atoms with Crippen LogP contribution in [0, 0.1) is 11.6 Å². The van der Waals surface area contributed by atoms with Crippen molar-refractivity contribution in [2.75, 3.05) is 0 Å². The van der Waals surface area contributed by atoms with Gasteiger partial charge in [-0.3, -0.25) is 0 Å².